The van der Waals surface area contributed by atoms with Gasteiger partial charge in [0.05, 0.1) is 24.3 Å². The lowest BCUT2D eigenvalue weighted by Gasteiger charge is -2.15. The second-order valence-electron chi connectivity index (χ2n) is 6.26. The summed E-state index contributed by atoms with van der Waals surface area (Å²) >= 11 is 0. The van der Waals surface area contributed by atoms with Crippen molar-refractivity contribution in [3.05, 3.63) is 60.4 Å². The second-order valence-corrected chi connectivity index (χ2v) is 6.26. The van der Waals surface area contributed by atoms with Crippen LogP contribution in [-0.4, -0.2) is 52.1 Å². The number of hydrogen-bond acceptors (Lipinski definition) is 6. The van der Waals surface area contributed by atoms with Crippen LogP contribution < -0.4 is 10.6 Å². The van der Waals surface area contributed by atoms with E-state index in [1.807, 2.05) is 36.4 Å². The summed E-state index contributed by atoms with van der Waals surface area (Å²) in [5.74, 6) is -0.269. The third kappa shape index (κ3) is 4.86. The van der Waals surface area contributed by atoms with E-state index in [4.69, 9.17) is 4.74 Å². The van der Waals surface area contributed by atoms with Gasteiger partial charge in [0, 0.05) is 25.0 Å². The molecule has 2 aromatic rings. The van der Waals surface area contributed by atoms with Crippen LogP contribution >= 0.6 is 0 Å². The van der Waals surface area contributed by atoms with Crippen molar-refractivity contribution < 1.29 is 19.7 Å². The smallest absolute Gasteiger partial charge is 0.227 e. The Bertz CT molecular complexity index is 698. The van der Waals surface area contributed by atoms with Crippen molar-refractivity contribution in [1.29, 1.82) is 0 Å². The number of nitrogens with zero attached hydrogens (tertiary/aromatic N) is 1. The van der Waals surface area contributed by atoms with Crippen LogP contribution in [0, 0.1) is 0 Å². The van der Waals surface area contributed by atoms with Crippen LogP contribution in [0.15, 0.2) is 54.7 Å². The fourth-order valence-electron chi connectivity index (χ4n) is 2.92. The fourth-order valence-corrected chi connectivity index (χ4v) is 2.92. The topological polar surface area (TPSA) is 104 Å². The molecule has 0 spiro atoms. The van der Waals surface area contributed by atoms with Crippen LogP contribution in [0.2, 0.25) is 0 Å². The number of aliphatic hydroxyl groups excluding tert-OH is 2. The van der Waals surface area contributed by atoms with E-state index in [2.05, 4.69) is 15.6 Å². The number of carbonyl (C=O) groups is 1. The molecule has 0 radical (unpaired) electrons. The van der Waals surface area contributed by atoms with Gasteiger partial charge in [0.15, 0.2) is 0 Å². The first-order valence-corrected chi connectivity index (χ1v) is 8.60. The van der Waals surface area contributed by atoms with E-state index in [0.717, 1.165) is 5.69 Å². The van der Waals surface area contributed by atoms with Crippen LogP contribution in [0.1, 0.15) is 12.1 Å². The quantitative estimate of drug-likeness (QED) is 0.581. The number of hydrogen-bond donors (Lipinski definition) is 4. The van der Waals surface area contributed by atoms with Crippen LogP contribution in [0.4, 0.5) is 5.69 Å². The molecule has 4 N–H and O–H groups in total. The van der Waals surface area contributed by atoms with E-state index >= 15 is 0 Å². The molecule has 0 saturated carbocycles. The molecule has 2 heterocycles. The Morgan fingerprint density at radius 3 is 2.50 bits per heavy atom. The summed E-state index contributed by atoms with van der Waals surface area (Å²) in [5.41, 5.74) is 1.55. The summed E-state index contributed by atoms with van der Waals surface area (Å²) in [4.78, 5) is 16.3. The molecular formula is C19H23N3O4. The highest BCUT2D eigenvalue weighted by Gasteiger charge is 2.43. The fraction of sp³-hybridized carbons (Fsp3) is 0.368. The summed E-state index contributed by atoms with van der Waals surface area (Å²) in [7, 11) is 0. The molecule has 0 aliphatic carbocycles. The maximum Gasteiger partial charge on any atom is 0.227 e. The summed E-state index contributed by atoms with van der Waals surface area (Å²) in [6.07, 6.45) is -1.77. The summed E-state index contributed by atoms with van der Waals surface area (Å²) in [6.45, 7) is 0.883. The molecule has 138 valence electrons. The number of para-hydroxylation sites is 1. The highest BCUT2D eigenvalue weighted by molar-refractivity contribution is 5.91. The zero-order chi connectivity index (χ0) is 18.4. The van der Waals surface area contributed by atoms with E-state index in [-0.39, 0.29) is 12.3 Å². The molecule has 0 unspecified atom stereocenters. The molecule has 1 aromatic carbocycles. The maximum atomic E-state index is 12.1. The van der Waals surface area contributed by atoms with Gasteiger partial charge in [0.2, 0.25) is 5.91 Å². The summed E-state index contributed by atoms with van der Waals surface area (Å²) in [5, 5.41) is 26.2. The van der Waals surface area contributed by atoms with Crippen molar-refractivity contribution in [2.75, 3.05) is 11.9 Å². The Balaban J connectivity index is 1.46. The molecule has 3 rings (SSSR count). The average molecular weight is 357 g/mol. The third-order valence-electron chi connectivity index (χ3n) is 4.28. The van der Waals surface area contributed by atoms with Gasteiger partial charge in [-0.25, -0.2) is 0 Å². The first-order valence-electron chi connectivity index (χ1n) is 8.60. The molecule has 4 atom stereocenters. The maximum absolute atomic E-state index is 12.1. The molecular weight excluding hydrogens is 334 g/mol. The second kappa shape index (κ2) is 8.86. The van der Waals surface area contributed by atoms with E-state index in [9.17, 15) is 15.0 Å². The molecule has 7 nitrogen and oxygen atoms in total. The van der Waals surface area contributed by atoms with Crippen molar-refractivity contribution in [3.63, 3.8) is 0 Å². The molecule has 1 aliphatic heterocycles. The van der Waals surface area contributed by atoms with Crippen LogP contribution in [0.25, 0.3) is 0 Å². The van der Waals surface area contributed by atoms with Gasteiger partial charge >= 0.3 is 0 Å². The van der Waals surface area contributed by atoms with Gasteiger partial charge in [0.25, 0.3) is 0 Å². The standard InChI is InChI=1S/C19H23N3O4/c23-17(22-13-6-2-1-3-7-13)10-15-18(24)19(25)16(26-15)12-20-11-14-8-4-5-9-21-14/h1-9,15-16,18-20,24-25H,10-12H2,(H,22,23)/t15-,16+,18-,19+/m0/s1. The molecule has 1 amide bonds. The Kier molecular flexibility index (Phi) is 6.30. The lowest BCUT2D eigenvalue weighted by Crippen LogP contribution is -2.38. The first-order chi connectivity index (χ1) is 12.6. The van der Waals surface area contributed by atoms with Crippen molar-refractivity contribution in [2.24, 2.45) is 0 Å². The third-order valence-corrected chi connectivity index (χ3v) is 4.28. The SMILES string of the molecule is O=C(C[C@@H]1O[C@H](CNCc2ccccn2)[C@@H](O)[C@H]1O)Nc1ccccc1. The van der Waals surface area contributed by atoms with Crippen molar-refractivity contribution >= 4 is 11.6 Å². The lowest BCUT2D eigenvalue weighted by molar-refractivity contribution is -0.120. The van der Waals surface area contributed by atoms with Gasteiger partial charge < -0.3 is 25.6 Å². The van der Waals surface area contributed by atoms with E-state index in [1.54, 1.807) is 18.3 Å². The molecule has 26 heavy (non-hydrogen) atoms. The molecule has 1 aliphatic rings. The normalized spacial score (nSPS) is 25.2. The summed E-state index contributed by atoms with van der Waals surface area (Å²) < 4.78 is 5.69. The van der Waals surface area contributed by atoms with Gasteiger partial charge in [-0.15, -0.1) is 0 Å². The number of pyridine rings is 1. The number of benzene rings is 1. The molecule has 1 fully saturated rings. The minimum Gasteiger partial charge on any atom is -0.388 e. The Morgan fingerprint density at radius 2 is 1.77 bits per heavy atom. The van der Waals surface area contributed by atoms with Gasteiger partial charge in [-0.05, 0) is 24.3 Å². The number of aromatic nitrogens is 1. The number of carbonyl (C=O) groups excluding carboxylic acids is 1. The van der Waals surface area contributed by atoms with Gasteiger partial charge in [-0.3, -0.25) is 9.78 Å². The zero-order valence-electron chi connectivity index (χ0n) is 14.3. The van der Waals surface area contributed by atoms with Crippen molar-refractivity contribution in [2.45, 2.75) is 37.4 Å². The monoisotopic (exact) mass is 357 g/mol. The molecule has 1 aromatic heterocycles. The highest BCUT2D eigenvalue weighted by atomic mass is 16.5. The zero-order valence-corrected chi connectivity index (χ0v) is 14.3. The number of rotatable bonds is 7. The van der Waals surface area contributed by atoms with Crippen LogP contribution in [-0.2, 0) is 16.1 Å². The molecule has 0 bridgehead atoms. The van der Waals surface area contributed by atoms with Gasteiger partial charge in [0.1, 0.15) is 12.2 Å². The van der Waals surface area contributed by atoms with E-state index < -0.39 is 24.4 Å². The molecule has 7 heteroatoms. The molecule has 1 saturated heterocycles. The highest BCUT2D eigenvalue weighted by Crippen LogP contribution is 2.24. The summed E-state index contributed by atoms with van der Waals surface area (Å²) in [6, 6.07) is 14.7. The van der Waals surface area contributed by atoms with Gasteiger partial charge in [-0.1, -0.05) is 24.3 Å². The first kappa shape index (κ1) is 18.5. The Hall–Kier alpha value is -2.32. The van der Waals surface area contributed by atoms with Gasteiger partial charge in [-0.2, -0.15) is 0 Å². The van der Waals surface area contributed by atoms with Crippen LogP contribution in [0.3, 0.4) is 0 Å². The average Bonchev–Trinajstić information content (AvgIpc) is 2.91. The van der Waals surface area contributed by atoms with E-state index in [0.29, 0.717) is 18.8 Å². The lowest BCUT2D eigenvalue weighted by atomic mass is 10.1. The number of nitrogens with one attached hydrogen (secondary N) is 2. The Morgan fingerprint density at radius 1 is 1.04 bits per heavy atom. The van der Waals surface area contributed by atoms with Crippen molar-refractivity contribution in [3.8, 4) is 0 Å². The number of anilines is 1. The predicted octanol–water partition coefficient (Wildman–Crippen LogP) is 0.689. The Labute approximate surface area is 152 Å². The largest absolute Gasteiger partial charge is 0.388 e. The number of aliphatic hydroxyl groups is 2. The van der Waals surface area contributed by atoms with Crippen molar-refractivity contribution in [1.82, 2.24) is 10.3 Å². The predicted molar refractivity (Wildman–Crippen MR) is 96.3 cm³/mol. The number of ether oxygens (including phenoxy) is 1. The minimum atomic E-state index is -1.10. The van der Waals surface area contributed by atoms with E-state index in [1.165, 1.54) is 0 Å². The minimum absolute atomic E-state index is 0.0239. The van der Waals surface area contributed by atoms with Crippen LogP contribution in [0.5, 0.6) is 0 Å². The number of amides is 1.